The number of nitrogens with zero attached hydrogens (tertiary/aromatic N) is 3. The van der Waals surface area contributed by atoms with E-state index in [1.165, 1.54) is 6.42 Å². The Kier molecular flexibility index (Phi) is 6.63. The first-order chi connectivity index (χ1) is 11.0. The van der Waals surface area contributed by atoms with Gasteiger partial charge in [-0.3, -0.25) is 9.48 Å². The monoisotopic (exact) mass is 321 g/mol. The van der Waals surface area contributed by atoms with Crippen LogP contribution >= 0.6 is 0 Å². The van der Waals surface area contributed by atoms with Gasteiger partial charge >= 0.3 is 0 Å². The second-order valence-corrected chi connectivity index (χ2v) is 6.94. The van der Waals surface area contributed by atoms with Crippen LogP contribution in [0.1, 0.15) is 62.5 Å². The normalized spacial score (nSPS) is 18.7. The van der Waals surface area contributed by atoms with Crippen molar-refractivity contribution >= 4 is 5.91 Å². The van der Waals surface area contributed by atoms with Gasteiger partial charge in [0.25, 0.3) is 5.91 Å². The molecule has 1 amide bonds. The van der Waals surface area contributed by atoms with E-state index in [0.29, 0.717) is 19.7 Å². The van der Waals surface area contributed by atoms with Gasteiger partial charge in [0, 0.05) is 25.3 Å². The minimum Gasteiger partial charge on any atom is -0.375 e. The molecule has 2 rings (SSSR count). The molecule has 1 aliphatic heterocycles. The number of carbonyl (C=O) groups excluding carboxylic acids is 1. The summed E-state index contributed by atoms with van der Waals surface area (Å²) in [5.41, 5.74) is 1.71. The van der Waals surface area contributed by atoms with Crippen molar-refractivity contribution in [1.82, 2.24) is 14.7 Å². The van der Waals surface area contributed by atoms with Crippen LogP contribution in [0.2, 0.25) is 0 Å². The molecule has 0 N–H and O–H groups in total. The van der Waals surface area contributed by atoms with Gasteiger partial charge in [0.15, 0.2) is 0 Å². The highest BCUT2D eigenvalue weighted by Crippen LogP contribution is 2.18. The van der Waals surface area contributed by atoms with Crippen molar-refractivity contribution in [1.29, 1.82) is 0 Å². The number of carbonyl (C=O) groups is 1. The van der Waals surface area contributed by atoms with E-state index in [4.69, 9.17) is 4.74 Å². The lowest BCUT2D eigenvalue weighted by Gasteiger charge is -2.33. The molecule has 2 heterocycles. The molecule has 1 unspecified atom stereocenters. The molecule has 1 aromatic rings. The molecule has 0 aromatic carbocycles. The van der Waals surface area contributed by atoms with E-state index < -0.39 is 0 Å². The maximum Gasteiger partial charge on any atom is 0.257 e. The lowest BCUT2D eigenvalue weighted by Crippen LogP contribution is -2.45. The quantitative estimate of drug-likeness (QED) is 0.774. The molecule has 23 heavy (non-hydrogen) atoms. The van der Waals surface area contributed by atoms with Crippen LogP contribution in [-0.4, -0.2) is 46.4 Å². The van der Waals surface area contributed by atoms with E-state index in [0.717, 1.165) is 43.0 Å². The van der Waals surface area contributed by atoms with E-state index in [9.17, 15) is 4.79 Å². The second-order valence-electron chi connectivity index (χ2n) is 6.94. The van der Waals surface area contributed by atoms with Crippen LogP contribution in [0.15, 0.2) is 6.20 Å². The summed E-state index contributed by atoms with van der Waals surface area (Å²) >= 11 is 0. The van der Waals surface area contributed by atoms with Gasteiger partial charge < -0.3 is 9.64 Å². The smallest absolute Gasteiger partial charge is 0.257 e. The Morgan fingerprint density at radius 2 is 2.26 bits per heavy atom. The van der Waals surface area contributed by atoms with Gasteiger partial charge in [-0.25, -0.2) is 0 Å². The van der Waals surface area contributed by atoms with E-state index in [1.54, 1.807) is 6.20 Å². The van der Waals surface area contributed by atoms with Crippen LogP contribution in [-0.2, 0) is 11.3 Å². The van der Waals surface area contributed by atoms with E-state index in [1.807, 2.05) is 16.5 Å². The number of hydrogen-bond acceptors (Lipinski definition) is 3. The lowest BCUT2D eigenvalue weighted by atomic mass is 10.0. The Bertz CT molecular complexity index is 510. The van der Waals surface area contributed by atoms with Crippen molar-refractivity contribution in [3.05, 3.63) is 17.5 Å². The van der Waals surface area contributed by atoms with Crippen molar-refractivity contribution in [2.45, 2.75) is 66.0 Å². The first-order valence-electron chi connectivity index (χ1n) is 8.96. The average Bonchev–Trinajstić information content (AvgIpc) is 2.88. The fraction of sp³-hybridized carbons (Fsp3) is 0.778. The molecule has 1 atom stereocenters. The third-order valence-electron chi connectivity index (χ3n) is 4.50. The Hall–Kier alpha value is -1.36. The fourth-order valence-electron chi connectivity index (χ4n) is 3.10. The van der Waals surface area contributed by atoms with Gasteiger partial charge in [-0.05, 0) is 25.7 Å². The van der Waals surface area contributed by atoms with Crippen molar-refractivity contribution in [3.63, 3.8) is 0 Å². The molecule has 5 nitrogen and oxygen atoms in total. The predicted octanol–water partition coefficient (Wildman–Crippen LogP) is 3.27. The average molecular weight is 321 g/mol. The van der Waals surface area contributed by atoms with E-state index in [-0.39, 0.29) is 12.0 Å². The van der Waals surface area contributed by atoms with Crippen LogP contribution in [0, 0.1) is 12.8 Å². The summed E-state index contributed by atoms with van der Waals surface area (Å²) in [4.78, 5) is 14.7. The van der Waals surface area contributed by atoms with Gasteiger partial charge in [-0.1, -0.05) is 33.6 Å². The van der Waals surface area contributed by atoms with Crippen molar-refractivity contribution in [2.24, 2.45) is 5.92 Å². The molecule has 0 bridgehead atoms. The summed E-state index contributed by atoms with van der Waals surface area (Å²) in [6.45, 7) is 11.5. The second kappa shape index (κ2) is 8.48. The highest BCUT2D eigenvalue weighted by Gasteiger charge is 2.26. The number of hydrogen-bond donors (Lipinski definition) is 0. The lowest BCUT2D eigenvalue weighted by molar-refractivity contribution is -0.0260. The maximum atomic E-state index is 12.8. The predicted molar refractivity (Wildman–Crippen MR) is 91.6 cm³/mol. The Labute approximate surface area is 140 Å². The van der Waals surface area contributed by atoms with Crippen LogP contribution in [0.3, 0.4) is 0 Å². The topological polar surface area (TPSA) is 47.4 Å². The third kappa shape index (κ3) is 4.80. The summed E-state index contributed by atoms with van der Waals surface area (Å²) in [7, 11) is 0. The SMILES string of the molecule is CCCn1ncc(C(=O)N2CCOC(CCCC(C)C)C2)c1C. The number of aryl methyl sites for hydroxylation is 1. The molecular weight excluding hydrogens is 290 g/mol. The Balaban J connectivity index is 1.94. The van der Waals surface area contributed by atoms with Crippen LogP contribution < -0.4 is 0 Å². The molecule has 1 aromatic heterocycles. The summed E-state index contributed by atoms with van der Waals surface area (Å²) < 4.78 is 7.76. The standard InChI is InChI=1S/C18H31N3O2/c1-5-9-21-15(4)17(12-19-21)18(22)20-10-11-23-16(13-20)8-6-7-14(2)3/h12,14,16H,5-11,13H2,1-4H3. The number of aromatic nitrogens is 2. The Morgan fingerprint density at radius 3 is 2.96 bits per heavy atom. The number of ether oxygens (including phenoxy) is 1. The van der Waals surface area contributed by atoms with Gasteiger partial charge in [0.1, 0.15) is 0 Å². The first-order valence-corrected chi connectivity index (χ1v) is 8.96. The minimum atomic E-state index is 0.0991. The summed E-state index contributed by atoms with van der Waals surface area (Å²) in [5, 5.41) is 4.35. The van der Waals surface area contributed by atoms with Crippen LogP contribution in [0.25, 0.3) is 0 Å². The van der Waals surface area contributed by atoms with Crippen molar-refractivity contribution in [3.8, 4) is 0 Å². The largest absolute Gasteiger partial charge is 0.375 e. The van der Waals surface area contributed by atoms with E-state index in [2.05, 4.69) is 25.9 Å². The molecule has 0 radical (unpaired) electrons. The van der Waals surface area contributed by atoms with E-state index >= 15 is 0 Å². The highest BCUT2D eigenvalue weighted by atomic mass is 16.5. The molecule has 5 heteroatoms. The zero-order valence-electron chi connectivity index (χ0n) is 15.0. The number of amides is 1. The van der Waals surface area contributed by atoms with Gasteiger partial charge in [0.2, 0.25) is 0 Å². The minimum absolute atomic E-state index is 0.0991. The molecule has 130 valence electrons. The molecule has 0 saturated carbocycles. The third-order valence-corrected chi connectivity index (χ3v) is 4.50. The number of morpholine rings is 1. The molecule has 1 saturated heterocycles. The fourth-order valence-corrected chi connectivity index (χ4v) is 3.10. The first kappa shape index (κ1) is 18.0. The van der Waals surface area contributed by atoms with Crippen molar-refractivity contribution < 1.29 is 9.53 Å². The van der Waals surface area contributed by atoms with Gasteiger partial charge in [-0.15, -0.1) is 0 Å². The highest BCUT2D eigenvalue weighted by molar-refractivity contribution is 5.95. The molecule has 1 fully saturated rings. The molecule has 0 spiro atoms. The summed E-state index contributed by atoms with van der Waals surface area (Å²) in [5.74, 6) is 0.824. The van der Waals surface area contributed by atoms with Crippen LogP contribution in [0.5, 0.6) is 0 Å². The zero-order chi connectivity index (χ0) is 16.8. The maximum absolute atomic E-state index is 12.8. The molecular formula is C18H31N3O2. The summed E-state index contributed by atoms with van der Waals surface area (Å²) in [6, 6.07) is 0. The summed E-state index contributed by atoms with van der Waals surface area (Å²) in [6.07, 6.45) is 6.34. The van der Waals surface area contributed by atoms with Crippen LogP contribution in [0.4, 0.5) is 0 Å². The molecule has 1 aliphatic rings. The zero-order valence-corrected chi connectivity index (χ0v) is 15.0. The number of rotatable bonds is 7. The van der Waals surface area contributed by atoms with Gasteiger partial charge in [-0.2, -0.15) is 5.10 Å². The van der Waals surface area contributed by atoms with Crippen molar-refractivity contribution in [2.75, 3.05) is 19.7 Å². The Morgan fingerprint density at radius 1 is 1.48 bits per heavy atom. The van der Waals surface area contributed by atoms with Gasteiger partial charge in [0.05, 0.1) is 24.5 Å². The molecule has 0 aliphatic carbocycles.